The minimum atomic E-state index is -3.48. The first-order valence-electron chi connectivity index (χ1n) is 8.16. The van der Waals surface area contributed by atoms with Gasteiger partial charge < -0.3 is 9.47 Å². The van der Waals surface area contributed by atoms with E-state index < -0.39 is 31.9 Å². The van der Waals surface area contributed by atoms with Crippen molar-refractivity contribution in [1.29, 1.82) is 0 Å². The first-order valence-corrected chi connectivity index (χ1v) is 11.5. The van der Waals surface area contributed by atoms with Crippen molar-refractivity contribution in [3.05, 3.63) is 60.7 Å². The second-order valence-electron chi connectivity index (χ2n) is 6.10. The lowest BCUT2D eigenvalue weighted by molar-refractivity contribution is -0.116. The Morgan fingerprint density at radius 3 is 1.31 bits per heavy atom. The second kappa shape index (κ2) is 7.87. The summed E-state index contributed by atoms with van der Waals surface area (Å²) in [6.07, 6.45) is -1.23. The van der Waals surface area contributed by atoms with Gasteiger partial charge in [0.2, 0.25) is 0 Å². The largest absolute Gasteiger partial charge is 0.372 e. The Morgan fingerprint density at radius 1 is 0.654 bits per heavy atom. The molecule has 1 fully saturated rings. The van der Waals surface area contributed by atoms with E-state index in [0.29, 0.717) is 0 Å². The zero-order valence-electron chi connectivity index (χ0n) is 14.0. The highest BCUT2D eigenvalue weighted by molar-refractivity contribution is 7.91. The molecule has 0 spiro atoms. The monoisotopic (exact) mass is 396 g/mol. The molecule has 2 unspecified atom stereocenters. The van der Waals surface area contributed by atoms with Gasteiger partial charge in [0.1, 0.15) is 0 Å². The van der Waals surface area contributed by atoms with Crippen LogP contribution in [0.2, 0.25) is 0 Å². The van der Waals surface area contributed by atoms with Gasteiger partial charge in [-0.15, -0.1) is 0 Å². The Labute approximate surface area is 153 Å². The summed E-state index contributed by atoms with van der Waals surface area (Å²) in [6.45, 7) is 0.0854. The van der Waals surface area contributed by atoms with E-state index in [1.165, 1.54) is 24.3 Å². The molecular weight excluding hydrogens is 376 g/mol. The smallest absolute Gasteiger partial charge is 0.181 e. The number of rotatable bonds is 6. The van der Waals surface area contributed by atoms with Crippen LogP contribution in [0.5, 0.6) is 0 Å². The summed E-state index contributed by atoms with van der Waals surface area (Å²) in [5, 5.41) is 0. The third kappa shape index (κ3) is 4.70. The number of ether oxygens (including phenoxy) is 2. The molecule has 0 N–H and O–H groups in total. The summed E-state index contributed by atoms with van der Waals surface area (Å²) in [6, 6.07) is 16.3. The fourth-order valence-electron chi connectivity index (χ4n) is 2.71. The molecule has 1 aliphatic heterocycles. The van der Waals surface area contributed by atoms with Crippen LogP contribution in [0.4, 0.5) is 0 Å². The van der Waals surface area contributed by atoms with Gasteiger partial charge in [-0.2, -0.15) is 0 Å². The third-order valence-electron chi connectivity index (χ3n) is 4.05. The van der Waals surface area contributed by atoms with E-state index in [1.807, 2.05) is 0 Å². The van der Waals surface area contributed by atoms with Gasteiger partial charge in [0.25, 0.3) is 0 Å². The van der Waals surface area contributed by atoms with Crippen LogP contribution in [0.1, 0.15) is 0 Å². The van der Waals surface area contributed by atoms with Crippen molar-refractivity contribution >= 4 is 19.7 Å². The summed E-state index contributed by atoms with van der Waals surface area (Å²) < 4.78 is 60.6. The Morgan fingerprint density at radius 2 is 1.00 bits per heavy atom. The molecule has 1 saturated heterocycles. The molecular formula is C18H20O6S2. The average Bonchev–Trinajstić information content (AvgIpc) is 2.64. The normalized spacial score (nSPS) is 21.4. The number of hydrogen-bond acceptors (Lipinski definition) is 6. The van der Waals surface area contributed by atoms with Crippen LogP contribution in [-0.4, -0.2) is 53.8 Å². The minimum Gasteiger partial charge on any atom is -0.372 e. The summed E-state index contributed by atoms with van der Waals surface area (Å²) in [4.78, 5) is 0.467. The summed E-state index contributed by atoms with van der Waals surface area (Å²) >= 11 is 0. The predicted molar refractivity (Wildman–Crippen MR) is 96.5 cm³/mol. The van der Waals surface area contributed by atoms with E-state index in [1.54, 1.807) is 36.4 Å². The topological polar surface area (TPSA) is 86.7 Å². The molecule has 0 amide bonds. The zero-order chi connectivity index (χ0) is 18.6. The van der Waals surface area contributed by atoms with Crippen LogP contribution >= 0.6 is 0 Å². The summed E-state index contributed by atoms with van der Waals surface area (Å²) in [5.74, 6) is -0.398. The molecule has 2 aromatic rings. The summed E-state index contributed by atoms with van der Waals surface area (Å²) in [5.41, 5.74) is 0. The molecule has 1 aliphatic rings. The Bertz CT molecular complexity index is 837. The highest BCUT2D eigenvalue weighted by Gasteiger charge is 2.30. The lowest BCUT2D eigenvalue weighted by Gasteiger charge is -2.29. The molecule has 26 heavy (non-hydrogen) atoms. The Balaban J connectivity index is 1.56. The molecule has 0 radical (unpaired) electrons. The van der Waals surface area contributed by atoms with Crippen LogP contribution in [-0.2, 0) is 29.1 Å². The van der Waals surface area contributed by atoms with Gasteiger partial charge >= 0.3 is 0 Å². The molecule has 0 bridgehead atoms. The molecule has 2 aromatic carbocycles. The van der Waals surface area contributed by atoms with Gasteiger partial charge in [0.15, 0.2) is 19.7 Å². The van der Waals surface area contributed by atoms with Crippen molar-refractivity contribution in [1.82, 2.24) is 0 Å². The highest BCUT2D eigenvalue weighted by Crippen LogP contribution is 2.18. The van der Waals surface area contributed by atoms with Gasteiger partial charge in [-0.25, -0.2) is 16.8 Å². The first-order chi connectivity index (χ1) is 12.4. The van der Waals surface area contributed by atoms with Crippen molar-refractivity contribution in [2.45, 2.75) is 22.0 Å². The fraction of sp³-hybridized carbons (Fsp3) is 0.333. The van der Waals surface area contributed by atoms with E-state index in [4.69, 9.17) is 9.47 Å². The van der Waals surface area contributed by atoms with Crippen LogP contribution < -0.4 is 0 Å². The second-order valence-corrected chi connectivity index (χ2v) is 10.2. The highest BCUT2D eigenvalue weighted by atomic mass is 32.2. The van der Waals surface area contributed by atoms with Crippen molar-refractivity contribution in [2.24, 2.45) is 0 Å². The Hall–Kier alpha value is -1.74. The lowest BCUT2D eigenvalue weighted by Crippen LogP contribution is -2.42. The quantitative estimate of drug-likeness (QED) is 0.739. The number of benzene rings is 2. The van der Waals surface area contributed by atoms with Crippen LogP contribution in [0.25, 0.3) is 0 Å². The van der Waals surface area contributed by atoms with Crippen molar-refractivity contribution in [3.63, 3.8) is 0 Å². The molecule has 0 aromatic heterocycles. The zero-order valence-corrected chi connectivity index (χ0v) is 15.7. The van der Waals surface area contributed by atoms with E-state index in [0.717, 1.165) is 0 Å². The standard InChI is InChI=1S/C18H20O6S2/c19-25(20,17-7-3-1-4-8-17)13-15-11-24-16(12-23-15)14-26(21,22)18-9-5-2-6-10-18/h1-10,15-16H,11-14H2. The molecule has 0 saturated carbocycles. The van der Waals surface area contributed by atoms with Crippen molar-refractivity contribution < 1.29 is 26.3 Å². The van der Waals surface area contributed by atoms with Crippen LogP contribution in [0.3, 0.4) is 0 Å². The van der Waals surface area contributed by atoms with Crippen molar-refractivity contribution in [2.75, 3.05) is 24.7 Å². The SMILES string of the molecule is O=S(=O)(CC1COC(CS(=O)(=O)c2ccccc2)CO1)c1ccccc1. The van der Waals surface area contributed by atoms with E-state index in [-0.39, 0.29) is 34.5 Å². The molecule has 0 aliphatic carbocycles. The molecule has 6 nitrogen and oxygen atoms in total. The maximum atomic E-state index is 12.4. The first kappa shape index (κ1) is 19.0. The lowest BCUT2D eigenvalue weighted by atomic mass is 10.3. The van der Waals surface area contributed by atoms with E-state index in [9.17, 15) is 16.8 Å². The predicted octanol–water partition coefficient (Wildman–Crippen LogP) is 1.72. The van der Waals surface area contributed by atoms with E-state index >= 15 is 0 Å². The molecule has 140 valence electrons. The fourth-order valence-corrected chi connectivity index (χ4v) is 5.61. The van der Waals surface area contributed by atoms with Gasteiger partial charge in [-0.1, -0.05) is 36.4 Å². The maximum absolute atomic E-state index is 12.4. The Kier molecular flexibility index (Phi) is 5.76. The van der Waals surface area contributed by atoms with Gasteiger partial charge in [0, 0.05) is 0 Å². The molecule has 2 atom stereocenters. The molecule has 3 rings (SSSR count). The number of hydrogen-bond donors (Lipinski definition) is 0. The van der Waals surface area contributed by atoms with Crippen LogP contribution in [0.15, 0.2) is 70.5 Å². The molecule has 1 heterocycles. The minimum absolute atomic E-state index is 0.0427. The van der Waals surface area contributed by atoms with Crippen molar-refractivity contribution in [3.8, 4) is 0 Å². The summed E-state index contributed by atoms with van der Waals surface area (Å²) in [7, 11) is -6.96. The maximum Gasteiger partial charge on any atom is 0.181 e. The van der Waals surface area contributed by atoms with Crippen LogP contribution in [0, 0.1) is 0 Å². The molecule has 8 heteroatoms. The average molecular weight is 396 g/mol. The van der Waals surface area contributed by atoms with E-state index in [2.05, 4.69) is 0 Å². The van der Waals surface area contributed by atoms with Gasteiger partial charge in [-0.05, 0) is 24.3 Å². The number of sulfone groups is 2. The van der Waals surface area contributed by atoms with Gasteiger partial charge in [-0.3, -0.25) is 0 Å². The third-order valence-corrected chi connectivity index (χ3v) is 7.65. The van der Waals surface area contributed by atoms with Gasteiger partial charge in [0.05, 0.1) is 46.7 Å².